The van der Waals surface area contributed by atoms with Crippen molar-refractivity contribution in [2.45, 2.75) is 44.6 Å². The highest BCUT2D eigenvalue weighted by atomic mass is 127. The SMILES string of the molecule is CCc1noc(CC)c1CNC(=NC)NCCCSc1ccc(F)cc1.I. The molecule has 27 heavy (non-hydrogen) atoms. The number of guanidine groups is 1. The van der Waals surface area contributed by atoms with E-state index in [2.05, 4.69) is 34.6 Å². The largest absolute Gasteiger partial charge is 0.361 e. The molecule has 0 bridgehead atoms. The predicted octanol–water partition coefficient (Wildman–Crippen LogP) is 4.40. The first-order chi connectivity index (χ1) is 12.7. The lowest BCUT2D eigenvalue weighted by molar-refractivity contribution is 0.380. The molecule has 2 N–H and O–H groups in total. The number of aryl methyl sites for hydroxylation is 2. The molecule has 0 spiro atoms. The molecule has 0 saturated heterocycles. The van der Waals surface area contributed by atoms with Crippen LogP contribution in [-0.4, -0.2) is 30.5 Å². The number of halogens is 2. The van der Waals surface area contributed by atoms with Gasteiger partial charge in [-0.2, -0.15) is 0 Å². The molecule has 8 heteroatoms. The van der Waals surface area contributed by atoms with Gasteiger partial charge in [0.25, 0.3) is 0 Å². The van der Waals surface area contributed by atoms with Gasteiger partial charge in [-0.1, -0.05) is 19.0 Å². The molecular weight excluding hydrogens is 478 g/mol. The molecule has 0 unspecified atom stereocenters. The maximum atomic E-state index is 12.9. The molecule has 0 radical (unpaired) electrons. The van der Waals surface area contributed by atoms with Crippen LogP contribution in [0, 0.1) is 5.82 Å². The van der Waals surface area contributed by atoms with Crippen molar-refractivity contribution in [3.05, 3.63) is 47.1 Å². The Morgan fingerprint density at radius 2 is 1.93 bits per heavy atom. The highest BCUT2D eigenvalue weighted by molar-refractivity contribution is 14.0. The Kier molecular flexibility index (Phi) is 11.4. The van der Waals surface area contributed by atoms with Crippen molar-refractivity contribution in [1.82, 2.24) is 15.8 Å². The summed E-state index contributed by atoms with van der Waals surface area (Å²) >= 11 is 1.72. The Hall–Kier alpha value is -1.29. The maximum Gasteiger partial charge on any atom is 0.191 e. The molecule has 150 valence electrons. The third-order valence-electron chi connectivity index (χ3n) is 3.96. The van der Waals surface area contributed by atoms with Crippen molar-refractivity contribution >= 4 is 41.7 Å². The topological polar surface area (TPSA) is 62.5 Å². The lowest BCUT2D eigenvalue weighted by Crippen LogP contribution is -2.37. The van der Waals surface area contributed by atoms with Gasteiger partial charge in [-0.25, -0.2) is 4.39 Å². The van der Waals surface area contributed by atoms with Crippen LogP contribution >= 0.6 is 35.7 Å². The first-order valence-electron chi connectivity index (χ1n) is 8.97. The quantitative estimate of drug-likeness (QED) is 0.174. The summed E-state index contributed by atoms with van der Waals surface area (Å²) in [6.45, 7) is 5.61. The second-order valence-electron chi connectivity index (χ2n) is 5.75. The van der Waals surface area contributed by atoms with Crippen molar-refractivity contribution in [1.29, 1.82) is 0 Å². The van der Waals surface area contributed by atoms with E-state index in [1.165, 1.54) is 12.1 Å². The van der Waals surface area contributed by atoms with Crippen LogP contribution in [-0.2, 0) is 19.4 Å². The predicted molar refractivity (Wildman–Crippen MR) is 121 cm³/mol. The maximum absolute atomic E-state index is 12.9. The zero-order valence-electron chi connectivity index (χ0n) is 16.0. The summed E-state index contributed by atoms with van der Waals surface area (Å²) in [4.78, 5) is 5.34. The van der Waals surface area contributed by atoms with Gasteiger partial charge in [0.2, 0.25) is 0 Å². The highest BCUT2D eigenvalue weighted by Crippen LogP contribution is 2.18. The number of thioether (sulfide) groups is 1. The van der Waals surface area contributed by atoms with Crippen LogP contribution in [0.2, 0.25) is 0 Å². The van der Waals surface area contributed by atoms with Gasteiger partial charge in [-0.3, -0.25) is 4.99 Å². The summed E-state index contributed by atoms with van der Waals surface area (Å²) < 4.78 is 18.3. The fourth-order valence-electron chi connectivity index (χ4n) is 2.53. The Balaban J connectivity index is 0.00000364. The Labute approximate surface area is 182 Å². The zero-order chi connectivity index (χ0) is 18.8. The third-order valence-corrected chi connectivity index (χ3v) is 5.06. The molecule has 1 aromatic carbocycles. The van der Waals surface area contributed by atoms with Gasteiger partial charge in [0.15, 0.2) is 5.96 Å². The molecule has 2 aromatic rings. The van der Waals surface area contributed by atoms with Gasteiger partial charge in [0.1, 0.15) is 11.6 Å². The number of aliphatic imine (C=N–C) groups is 1. The number of aromatic nitrogens is 1. The molecule has 5 nitrogen and oxygen atoms in total. The molecule has 0 amide bonds. The van der Waals surface area contributed by atoms with Crippen LogP contribution in [0.15, 0.2) is 38.7 Å². The second-order valence-corrected chi connectivity index (χ2v) is 6.91. The summed E-state index contributed by atoms with van der Waals surface area (Å²) in [5.41, 5.74) is 2.13. The van der Waals surface area contributed by atoms with E-state index in [1.54, 1.807) is 18.8 Å². The molecule has 0 saturated carbocycles. The molecule has 0 atom stereocenters. The Morgan fingerprint density at radius 1 is 1.19 bits per heavy atom. The number of nitrogens with zero attached hydrogens (tertiary/aromatic N) is 2. The lowest BCUT2D eigenvalue weighted by Gasteiger charge is -2.12. The highest BCUT2D eigenvalue weighted by Gasteiger charge is 2.13. The number of rotatable bonds is 9. The first-order valence-corrected chi connectivity index (χ1v) is 9.95. The van der Waals surface area contributed by atoms with Crippen molar-refractivity contribution in [2.24, 2.45) is 4.99 Å². The van der Waals surface area contributed by atoms with E-state index >= 15 is 0 Å². The van der Waals surface area contributed by atoms with Crippen molar-refractivity contribution in [2.75, 3.05) is 19.3 Å². The molecule has 0 aliphatic carbocycles. The Morgan fingerprint density at radius 3 is 2.56 bits per heavy atom. The van der Waals surface area contributed by atoms with Gasteiger partial charge in [-0.05, 0) is 42.9 Å². The van der Waals surface area contributed by atoms with Crippen LogP contribution in [0.1, 0.15) is 37.3 Å². The van der Waals surface area contributed by atoms with Crippen LogP contribution in [0.4, 0.5) is 4.39 Å². The van der Waals surface area contributed by atoms with Gasteiger partial charge in [0, 0.05) is 37.0 Å². The second kappa shape index (κ2) is 13.0. The standard InChI is InChI=1S/C19H27FN4OS.HI/c1-4-17-16(18(5-2)25-24-17)13-23-19(21-3)22-11-6-12-26-15-9-7-14(20)8-10-15;/h7-10H,4-6,11-13H2,1-3H3,(H2,21,22,23);1H. The Bertz CT molecular complexity index is 685. The van der Waals surface area contributed by atoms with Crippen LogP contribution in [0.5, 0.6) is 0 Å². The van der Waals surface area contributed by atoms with E-state index in [1.807, 2.05) is 12.1 Å². The van der Waals surface area contributed by atoms with Crippen LogP contribution in [0.25, 0.3) is 0 Å². The molecule has 2 rings (SSSR count). The van der Waals surface area contributed by atoms with Crippen molar-refractivity contribution < 1.29 is 8.91 Å². The minimum Gasteiger partial charge on any atom is -0.361 e. The zero-order valence-corrected chi connectivity index (χ0v) is 19.2. The van der Waals surface area contributed by atoms with E-state index in [0.29, 0.717) is 6.54 Å². The summed E-state index contributed by atoms with van der Waals surface area (Å²) in [5.74, 6) is 2.46. The summed E-state index contributed by atoms with van der Waals surface area (Å²) in [7, 11) is 1.76. The normalized spacial score (nSPS) is 11.2. The molecular formula is C19H28FIN4OS. The van der Waals surface area contributed by atoms with E-state index in [-0.39, 0.29) is 29.8 Å². The number of hydrogen-bond donors (Lipinski definition) is 2. The lowest BCUT2D eigenvalue weighted by atomic mass is 10.1. The molecule has 1 heterocycles. The van der Waals surface area contributed by atoms with Crippen LogP contribution < -0.4 is 10.6 Å². The van der Waals surface area contributed by atoms with Gasteiger partial charge >= 0.3 is 0 Å². The third kappa shape index (κ3) is 7.69. The van der Waals surface area contributed by atoms with E-state index in [4.69, 9.17) is 4.52 Å². The van der Waals surface area contributed by atoms with Gasteiger partial charge < -0.3 is 15.2 Å². The first kappa shape index (κ1) is 23.7. The fourth-order valence-corrected chi connectivity index (χ4v) is 3.38. The number of benzene rings is 1. The smallest absolute Gasteiger partial charge is 0.191 e. The summed E-state index contributed by atoms with van der Waals surface area (Å²) in [6, 6.07) is 6.60. The summed E-state index contributed by atoms with van der Waals surface area (Å²) in [6.07, 6.45) is 2.67. The number of nitrogens with one attached hydrogen (secondary N) is 2. The van der Waals surface area contributed by atoms with Crippen molar-refractivity contribution in [3.63, 3.8) is 0 Å². The monoisotopic (exact) mass is 506 g/mol. The van der Waals surface area contributed by atoms with E-state index in [0.717, 1.165) is 59.4 Å². The average Bonchev–Trinajstić information content (AvgIpc) is 3.07. The fraction of sp³-hybridized carbons (Fsp3) is 0.474. The average molecular weight is 506 g/mol. The molecule has 1 aromatic heterocycles. The van der Waals surface area contributed by atoms with E-state index < -0.39 is 0 Å². The van der Waals surface area contributed by atoms with Crippen LogP contribution in [0.3, 0.4) is 0 Å². The van der Waals surface area contributed by atoms with Gasteiger partial charge in [0.05, 0.1) is 5.69 Å². The molecule has 0 aliphatic rings. The molecule has 0 fully saturated rings. The minimum absolute atomic E-state index is 0. The van der Waals surface area contributed by atoms with Gasteiger partial charge in [-0.15, -0.1) is 35.7 Å². The summed E-state index contributed by atoms with van der Waals surface area (Å²) in [5, 5.41) is 10.8. The van der Waals surface area contributed by atoms with E-state index in [9.17, 15) is 4.39 Å². The van der Waals surface area contributed by atoms with Crippen molar-refractivity contribution in [3.8, 4) is 0 Å². The number of hydrogen-bond acceptors (Lipinski definition) is 4. The minimum atomic E-state index is -0.198. The molecule has 0 aliphatic heterocycles.